The molecule has 0 atom stereocenters. The fraction of sp³-hybridized carbons (Fsp3) is 0. The van der Waals surface area contributed by atoms with Crippen molar-refractivity contribution in [3.05, 3.63) is 0 Å². The second-order valence-corrected chi connectivity index (χ2v) is 1.95. The highest BCUT2D eigenvalue weighted by molar-refractivity contribution is 6.81. The van der Waals surface area contributed by atoms with Gasteiger partial charge in [0, 0.05) is 0 Å². The molecule has 0 saturated heterocycles. The zero-order valence-electron chi connectivity index (χ0n) is 5.24. The summed E-state index contributed by atoms with van der Waals surface area (Å²) >= 11 is 0. The molecule has 0 fully saturated rings. The zero-order valence-corrected chi connectivity index (χ0v) is 5.24. The molecule has 11 heavy (non-hydrogen) atoms. The van der Waals surface area contributed by atoms with Crippen LogP contribution in [0.4, 0.5) is 4.79 Å². The van der Waals surface area contributed by atoms with Crippen molar-refractivity contribution in [1.29, 1.82) is 0 Å². The number of nitrogens with zero attached hydrogens (tertiary/aromatic N) is 3. The lowest BCUT2D eigenvalue weighted by Crippen LogP contribution is -2.42. The first-order valence-corrected chi connectivity index (χ1v) is 2.83. The molecule has 6 heteroatoms. The maximum absolute atomic E-state index is 10.9. The van der Waals surface area contributed by atoms with Gasteiger partial charge in [0.05, 0.1) is 6.21 Å². The van der Waals surface area contributed by atoms with Crippen molar-refractivity contribution < 1.29 is 9.59 Å². The number of carbonyl (C=O) groups excluding carboxylic acids is 2. The topological polar surface area (TPSA) is 83.2 Å². The maximum Gasteiger partial charge on any atom is 0.348 e. The van der Waals surface area contributed by atoms with Crippen LogP contribution in [0, 0.1) is 0 Å². The molecule has 1 N–H and O–H groups in total. The highest BCUT2D eigenvalue weighted by Gasteiger charge is 2.27. The van der Waals surface area contributed by atoms with E-state index in [1.165, 1.54) is 6.21 Å². The summed E-state index contributed by atoms with van der Waals surface area (Å²) in [6.45, 7) is 0. The average Bonchev–Trinajstić information content (AvgIpc) is 2.34. The SMILES string of the molecule is O=C1N=C2C=NN=C2C(=O)N1. The molecule has 6 nitrogen and oxygen atoms in total. The monoisotopic (exact) mass is 150 g/mol. The second kappa shape index (κ2) is 1.82. The van der Waals surface area contributed by atoms with Gasteiger partial charge >= 0.3 is 6.03 Å². The van der Waals surface area contributed by atoms with Crippen LogP contribution < -0.4 is 5.32 Å². The molecule has 0 unspecified atom stereocenters. The van der Waals surface area contributed by atoms with E-state index in [9.17, 15) is 9.59 Å². The summed E-state index contributed by atoms with van der Waals surface area (Å²) in [5.41, 5.74) is 0.336. The summed E-state index contributed by atoms with van der Waals surface area (Å²) in [4.78, 5) is 24.9. The summed E-state index contributed by atoms with van der Waals surface area (Å²) in [7, 11) is 0. The van der Waals surface area contributed by atoms with E-state index < -0.39 is 11.9 Å². The smallest absolute Gasteiger partial charge is 0.271 e. The number of imide groups is 1. The molecule has 0 bridgehead atoms. The van der Waals surface area contributed by atoms with E-state index in [2.05, 4.69) is 15.2 Å². The van der Waals surface area contributed by atoms with Gasteiger partial charge in [-0.3, -0.25) is 10.1 Å². The first kappa shape index (κ1) is 5.90. The van der Waals surface area contributed by atoms with Crippen LogP contribution in [0.15, 0.2) is 15.2 Å². The lowest BCUT2D eigenvalue weighted by molar-refractivity contribution is -0.113. The molecular weight excluding hydrogens is 148 g/mol. The predicted molar refractivity (Wildman–Crippen MR) is 36.9 cm³/mol. The minimum absolute atomic E-state index is 0.101. The molecule has 0 radical (unpaired) electrons. The number of hydrogen-bond acceptors (Lipinski definition) is 4. The van der Waals surface area contributed by atoms with Crippen LogP contribution >= 0.6 is 0 Å². The van der Waals surface area contributed by atoms with Gasteiger partial charge < -0.3 is 0 Å². The Morgan fingerprint density at radius 2 is 2.18 bits per heavy atom. The van der Waals surface area contributed by atoms with E-state index in [1.807, 2.05) is 5.32 Å². The molecule has 0 aliphatic carbocycles. The van der Waals surface area contributed by atoms with Crippen molar-refractivity contribution in [2.75, 3.05) is 0 Å². The van der Waals surface area contributed by atoms with Gasteiger partial charge in [0.15, 0.2) is 5.71 Å². The highest BCUT2D eigenvalue weighted by atomic mass is 16.2. The standard InChI is InChI=1S/C5H2N4O2/c10-4-3-2(1-6-9-3)7-5(11)8-4/h1H,(H,8,10,11). The molecule has 3 amide bonds. The van der Waals surface area contributed by atoms with Crippen LogP contribution in [0.3, 0.4) is 0 Å². The van der Waals surface area contributed by atoms with E-state index in [-0.39, 0.29) is 11.4 Å². The third-order valence-corrected chi connectivity index (χ3v) is 1.24. The number of carbonyl (C=O) groups is 2. The summed E-state index contributed by atoms with van der Waals surface area (Å²) in [5, 5.41) is 8.87. The Bertz CT molecular complexity index is 338. The summed E-state index contributed by atoms with van der Waals surface area (Å²) < 4.78 is 0. The normalized spacial score (nSPS) is 20.7. The lowest BCUT2D eigenvalue weighted by Gasteiger charge is -2.05. The highest BCUT2D eigenvalue weighted by Crippen LogP contribution is 1.99. The molecule has 2 aliphatic heterocycles. The van der Waals surface area contributed by atoms with Crippen molar-refractivity contribution in [2.24, 2.45) is 15.2 Å². The van der Waals surface area contributed by atoms with Crippen molar-refractivity contribution >= 4 is 29.6 Å². The number of urea groups is 1. The first-order chi connectivity index (χ1) is 5.27. The van der Waals surface area contributed by atoms with Crippen LogP contribution in [0.1, 0.15) is 0 Å². The van der Waals surface area contributed by atoms with Crippen LogP contribution in [0.25, 0.3) is 0 Å². The molecule has 54 valence electrons. The minimum atomic E-state index is -0.669. The summed E-state index contributed by atoms with van der Waals surface area (Å²) in [6.07, 6.45) is 1.27. The molecule has 0 spiro atoms. The third kappa shape index (κ3) is 0.759. The Hall–Kier alpha value is -1.85. The molecule has 0 aromatic heterocycles. The van der Waals surface area contributed by atoms with E-state index in [0.29, 0.717) is 0 Å². The molecule has 2 rings (SSSR count). The quantitative estimate of drug-likeness (QED) is 0.486. The van der Waals surface area contributed by atoms with Gasteiger partial charge in [-0.05, 0) is 0 Å². The number of rotatable bonds is 0. The van der Waals surface area contributed by atoms with Crippen LogP contribution in [0.2, 0.25) is 0 Å². The Morgan fingerprint density at radius 1 is 1.36 bits per heavy atom. The fourth-order valence-electron chi connectivity index (χ4n) is 0.791. The van der Waals surface area contributed by atoms with Gasteiger partial charge in [0.2, 0.25) is 0 Å². The molecule has 0 aromatic rings. The Labute approximate surface area is 60.7 Å². The van der Waals surface area contributed by atoms with Crippen LogP contribution in [0.5, 0.6) is 0 Å². The Morgan fingerprint density at radius 3 is 3.00 bits per heavy atom. The van der Waals surface area contributed by atoms with Gasteiger partial charge in [-0.15, -0.1) is 5.10 Å². The van der Waals surface area contributed by atoms with Crippen molar-refractivity contribution in [2.45, 2.75) is 0 Å². The van der Waals surface area contributed by atoms with E-state index in [0.717, 1.165) is 0 Å². The Balaban J connectivity index is 2.53. The van der Waals surface area contributed by atoms with E-state index in [4.69, 9.17) is 0 Å². The average molecular weight is 150 g/mol. The van der Waals surface area contributed by atoms with Crippen molar-refractivity contribution in [3.8, 4) is 0 Å². The molecule has 0 saturated carbocycles. The van der Waals surface area contributed by atoms with Crippen LogP contribution in [-0.4, -0.2) is 29.6 Å². The number of hydrogen-bond donors (Lipinski definition) is 1. The number of aliphatic imine (C=N–C) groups is 1. The molecule has 2 heterocycles. The minimum Gasteiger partial charge on any atom is -0.271 e. The fourth-order valence-corrected chi connectivity index (χ4v) is 0.791. The predicted octanol–water partition coefficient (Wildman–Crippen LogP) is -0.882. The van der Waals surface area contributed by atoms with Gasteiger partial charge in [0.25, 0.3) is 5.91 Å². The molecular formula is C5H2N4O2. The number of amides is 3. The number of fused-ring (bicyclic) bond motifs is 1. The lowest BCUT2D eigenvalue weighted by atomic mass is 10.2. The molecule has 2 aliphatic rings. The van der Waals surface area contributed by atoms with Gasteiger partial charge in [-0.25, -0.2) is 4.79 Å². The maximum atomic E-state index is 10.9. The van der Waals surface area contributed by atoms with Crippen LogP contribution in [-0.2, 0) is 4.79 Å². The number of nitrogens with one attached hydrogen (secondary N) is 1. The second-order valence-electron chi connectivity index (χ2n) is 1.95. The summed E-state index contributed by atoms with van der Waals surface area (Å²) in [6, 6.07) is -0.669. The molecule has 0 aromatic carbocycles. The zero-order chi connectivity index (χ0) is 7.84. The van der Waals surface area contributed by atoms with Gasteiger partial charge in [-0.1, -0.05) is 0 Å². The summed E-state index contributed by atoms with van der Waals surface area (Å²) in [5.74, 6) is -0.544. The third-order valence-electron chi connectivity index (χ3n) is 1.24. The van der Waals surface area contributed by atoms with Crippen molar-refractivity contribution in [3.63, 3.8) is 0 Å². The van der Waals surface area contributed by atoms with E-state index >= 15 is 0 Å². The van der Waals surface area contributed by atoms with E-state index in [1.54, 1.807) is 0 Å². The van der Waals surface area contributed by atoms with Gasteiger partial charge in [0.1, 0.15) is 5.71 Å². The van der Waals surface area contributed by atoms with Gasteiger partial charge in [-0.2, -0.15) is 10.1 Å². The first-order valence-electron chi connectivity index (χ1n) is 2.83. The Kier molecular flexibility index (Phi) is 0.974. The largest absolute Gasteiger partial charge is 0.348 e. The van der Waals surface area contributed by atoms with Crippen molar-refractivity contribution in [1.82, 2.24) is 5.32 Å².